The Labute approximate surface area is 190 Å². The van der Waals surface area contributed by atoms with Crippen molar-refractivity contribution in [3.63, 3.8) is 0 Å². The average Bonchev–Trinajstić information content (AvgIpc) is 3.34. The van der Waals surface area contributed by atoms with Crippen LogP contribution in [0.15, 0.2) is 60.9 Å². The van der Waals surface area contributed by atoms with Crippen LogP contribution in [-0.2, 0) is 4.74 Å². The van der Waals surface area contributed by atoms with Crippen molar-refractivity contribution < 1.29 is 18.7 Å². The Morgan fingerprint density at radius 3 is 2.85 bits per heavy atom. The summed E-state index contributed by atoms with van der Waals surface area (Å²) in [5.41, 5.74) is 8.62. The SMILES string of the molecule is COCCNC(=O)c1ccc(-n2cccn2)c([C@H](C)Oc2cc3cc(F)ccc3nc2N)c1. The highest BCUT2D eigenvalue weighted by molar-refractivity contribution is 5.94. The van der Waals surface area contributed by atoms with Crippen LogP contribution in [0.4, 0.5) is 10.2 Å². The van der Waals surface area contributed by atoms with E-state index in [0.717, 1.165) is 11.3 Å². The number of pyridine rings is 1. The van der Waals surface area contributed by atoms with Gasteiger partial charge in [-0.15, -0.1) is 0 Å². The van der Waals surface area contributed by atoms with Crippen LogP contribution in [-0.4, -0.2) is 40.9 Å². The van der Waals surface area contributed by atoms with E-state index in [1.807, 2.05) is 13.0 Å². The van der Waals surface area contributed by atoms with Gasteiger partial charge in [0.1, 0.15) is 11.9 Å². The fourth-order valence-electron chi connectivity index (χ4n) is 3.50. The maximum absolute atomic E-state index is 13.7. The number of hydrogen-bond acceptors (Lipinski definition) is 6. The van der Waals surface area contributed by atoms with E-state index in [1.165, 1.54) is 12.1 Å². The molecule has 0 aliphatic heterocycles. The molecule has 3 N–H and O–H groups in total. The Bertz CT molecular complexity index is 1280. The second-order valence-corrected chi connectivity index (χ2v) is 7.44. The molecule has 0 spiro atoms. The van der Waals surface area contributed by atoms with Gasteiger partial charge in [0.2, 0.25) is 0 Å². The van der Waals surface area contributed by atoms with Gasteiger partial charge in [-0.2, -0.15) is 5.10 Å². The number of benzene rings is 2. The Kier molecular flexibility index (Phi) is 6.50. The summed E-state index contributed by atoms with van der Waals surface area (Å²) < 4.78 is 26.5. The fourth-order valence-corrected chi connectivity index (χ4v) is 3.50. The van der Waals surface area contributed by atoms with Crippen LogP contribution in [0.25, 0.3) is 16.6 Å². The van der Waals surface area contributed by atoms with E-state index in [1.54, 1.807) is 54.5 Å². The molecule has 0 bridgehead atoms. The fraction of sp³-hybridized carbons (Fsp3) is 0.208. The van der Waals surface area contributed by atoms with E-state index >= 15 is 0 Å². The Morgan fingerprint density at radius 2 is 2.09 bits per heavy atom. The zero-order valence-corrected chi connectivity index (χ0v) is 18.3. The minimum absolute atomic E-state index is 0.190. The number of anilines is 1. The third-order valence-corrected chi connectivity index (χ3v) is 5.14. The van der Waals surface area contributed by atoms with E-state index in [9.17, 15) is 9.18 Å². The van der Waals surface area contributed by atoms with Crippen molar-refractivity contribution >= 4 is 22.6 Å². The Balaban J connectivity index is 1.68. The molecule has 2 aromatic heterocycles. The molecule has 0 radical (unpaired) electrons. The molecule has 0 unspecified atom stereocenters. The molecular weight excluding hydrogens is 425 g/mol. The van der Waals surface area contributed by atoms with Crippen molar-refractivity contribution in [3.8, 4) is 11.4 Å². The summed E-state index contributed by atoms with van der Waals surface area (Å²) in [7, 11) is 1.57. The quantitative estimate of drug-likeness (QED) is 0.398. The number of methoxy groups -OCH3 is 1. The Morgan fingerprint density at radius 1 is 1.24 bits per heavy atom. The van der Waals surface area contributed by atoms with Gasteiger partial charge >= 0.3 is 0 Å². The molecular formula is C24H24FN5O3. The van der Waals surface area contributed by atoms with E-state index in [-0.39, 0.29) is 17.5 Å². The number of nitrogens with one attached hydrogen (secondary N) is 1. The number of carbonyl (C=O) groups excluding carboxylic acids is 1. The lowest BCUT2D eigenvalue weighted by atomic mass is 10.0. The predicted octanol–water partition coefficient (Wildman–Crippen LogP) is 3.66. The van der Waals surface area contributed by atoms with E-state index in [0.29, 0.717) is 35.4 Å². The van der Waals surface area contributed by atoms with Crippen molar-refractivity contribution in [1.29, 1.82) is 0 Å². The van der Waals surface area contributed by atoms with Crippen LogP contribution < -0.4 is 15.8 Å². The van der Waals surface area contributed by atoms with E-state index < -0.39 is 6.10 Å². The molecule has 2 aromatic carbocycles. The minimum atomic E-state index is -0.522. The summed E-state index contributed by atoms with van der Waals surface area (Å²) >= 11 is 0. The van der Waals surface area contributed by atoms with Crippen LogP contribution in [0, 0.1) is 5.82 Å². The van der Waals surface area contributed by atoms with Crippen LogP contribution in [0.3, 0.4) is 0 Å². The first-order valence-electron chi connectivity index (χ1n) is 10.4. The maximum Gasteiger partial charge on any atom is 0.251 e. The van der Waals surface area contributed by atoms with Gasteiger partial charge in [0.15, 0.2) is 11.6 Å². The van der Waals surface area contributed by atoms with Crippen LogP contribution in [0.5, 0.6) is 5.75 Å². The summed E-state index contributed by atoms with van der Waals surface area (Å²) in [5, 5.41) is 7.69. The van der Waals surface area contributed by atoms with Gasteiger partial charge in [-0.25, -0.2) is 14.1 Å². The van der Waals surface area contributed by atoms with Crippen molar-refractivity contribution in [1.82, 2.24) is 20.1 Å². The second-order valence-electron chi connectivity index (χ2n) is 7.44. The molecule has 33 heavy (non-hydrogen) atoms. The predicted molar refractivity (Wildman–Crippen MR) is 123 cm³/mol. The standard InChI is InChI=1S/C24H24FN5O3/c1-15(33-22-14-17-12-18(25)5-6-20(17)29-23(22)26)19-13-16(24(31)27-9-11-32-2)4-7-21(19)30-10-3-8-28-30/h3-8,10,12-15H,9,11H2,1-2H3,(H2,26,29)(H,27,31)/t15-/m0/s1. The van der Waals surface area contributed by atoms with Gasteiger partial charge in [0.25, 0.3) is 5.91 Å². The molecule has 4 rings (SSSR count). The van der Waals surface area contributed by atoms with Gasteiger partial charge in [-0.05, 0) is 55.5 Å². The summed E-state index contributed by atoms with van der Waals surface area (Å²) in [4.78, 5) is 16.9. The summed E-state index contributed by atoms with van der Waals surface area (Å²) in [5.74, 6) is -0.0897. The molecule has 170 valence electrons. The lowest BCUT2D eigenvalue weighted by Crippen LogP contribution is -2.27. The van der Waals surface area contributed by atoms with Crippen molar-refractivity contribution in [2.24, 2.45) is 0 Å². The number of fused-ring (bicyclic) bond motifs is 1. The number of amides is 1. The lowest BCUT2D eigenvalue weighted by molar-refractivity contribution is 0.0937. The first-order chi connectivity index (χ1) is 16.0. The highest BCUT2D eigenvalue weighted by Gasteiger charge is 2.19. The first kappa shape index (κ1) is 22.2. The number of ether oxygens (including phenoxy) is 2. The molecule has 0 saturated heterocycles. The van der Waals surface area contributed by atoms with Crippen molar-refractivity contribution in [2.45, 2.75) is 13.0 Å². The van der Waals surface area contributed by atoms with Gasteiger partial charge < -0.3 is 20.5 Å². The molecule has 8 nitrogen and oxygen atoms in total. The number of nitrogen functional groups attached to an aromatic ring is 1. The van der Waals surface area contributed by atoms with E-state index in [2.05, 4.69) is 15.4 Å². The number of hydrogen-bond donors (Lipinski definition) is 2. The van der Waals surface area contributed by atoms with Gasteiger partial charge in [-0.3, -0.25) is 4.79 Å². The topological polar surface area (TPSA) is 104 Å². The maximum atomic E-state index is 13.7. The van der Waals surface area contributed by atoms with Gasteiger partial charge in [0, 0.05) is 42.6 Å². The number of nitrogens with zero attached hydrogens (tertiary/aromatic N) is 3. The van der Waals surface area contributed by atoms with E-state index in [4.69, 9.17) is 15.2 Å². The van der Waals surface area contributed by atoms with Crippen molar-refractivity contribution in [2.75, 3.05) is 26.0 Å². The van der Waals surface area contributed by atoms with Crippen LogP contribution >= 0.6 is 0 Å². The summed E-state index contributed by atoms with van der Waals surface area (Å²) in [6.45, 7) is 2.65. The largest absolute Gasteiger partial charge is 0.482 e. The van der Waals surface area contributed by atoms with Crippen molar-refractivity contribution in [3.05, 3.63) is 77.9 Å². The van der Waals surface area contributed by atoms with Gasteiger partial charge in [-0.1, -0.05) is 0 Å². The lowest BCUT2D eigenvalue weighted by Gasteiger charge is -2.20. The molecule has 0 aliphatic rings. The smallest absolute Gasteiger partial charge is 0.251 e. The van der Waals surface area contributed by atoms with Crippen LogP contribution in [0.2, 0.25) is 0 Å². The number of nitrogens with two attached hydrogens (primary N) is 1. The third-order valence-electron chi connectivity index (χ3n) is 5.14. The Hall–Kier alpha value is -3.98. The average molecular weight is 449 g/mol. The molecule has 2 heterocycles. The van der Waals surface area contributed by atoms with Crippen LogP contribution in [0.1, 0.15) is 28.9 Å². The molecule has 1 atom stereocenters. The normalized spacial score (nSPS) is 12.0. The zero-order valence-electron chi connectivity index (χ0n) is 18.3. The molecule has 9 heteroatoms. The number of aromatic nitrogens is 3. The molecule has 1 amide bonds. The number of carbonyl (C=O) groups is 1. The molecule has 4 aromatic rings. The minimum Gasteiger partial charge on any atom is -0.482 e. The summed E-state index contributed by atoms with van der Waals surface area (Å²) in [6, 6.07) is 13.0. The third kappa shape index (κ3) is 4.93. The molecule has 0 fully saturated rings. The molecule has 0 aliphatic carbocycles. The summed E-state index contributed by atoms with van der Waals surface area (Å²) in [6.07, 6.45) is 2.95. The molecule has 0 saturated carbocycles. The second kappa shape index (κ2) is 9.66. The monoisotopic (exact) mass is 449 g/mol. The highest BCUT2D eigenvalue weighted by Crippen LogP contribution is 2.32. The number of halogens is 1. The zero-order chi connectivity index (χ0) is 23.4. The van der Waals surface area contributed by atoms with Gasteiger partial charge in [0.05, 0.1) is 17.8 Å². The first-order valence-corrected chi connectivity index (χ1v) is 10.4. The highest BCUT2D eigenvalue weighted by atomic mass is 19.1. The number of rotatable bonds is 8.